The highest BCUT2D eigenvalue weighted by Gasteiger charge is 2.19. The van der Waals surface area contributed by atoms with Crippen LogP contribution in [0.15, 0.2) is 58.2 Å². The van der Waals surface area contributed by atoms with Gasteiger partial charge in [-0.05, 0) is 42.0 Å². The smallest absolute Gasteiger partial charge is 0.277 e. The van der Waals surface area contributed by atoms with E-state index in [0.717, 1.165) is 23.1 Å². The molecule has 1 heterocycles. The third-order valence-corrected chi connectivity index (χ3v) is 5.35. The van der Waals surface area contributed by atoms with Gasteiger partial charge in [-0.1, -0.05) is 23.9 Å². The number of aromatic nitrogens is 2. The fraction of sp³-hybridized carbons (Fsp3) is 0.273. The predicted molar refractivity (Wildman–Crippen MR) is 120 cm³/mol. The van der Waals surface area contributed by atoms with Crippen LogP contribution in [0, 0.1) is 0 Å². The number of nitrogens with two attached hydrogens (primary N) is 1. The quantitative estimate of drug-likeness (QED) is 0.437. The van der Waals surface area contributed by atoms with Crippen LogP contribution in [0.25, 0.3) is 0 Å². The second-order valence-corrected chi connectivity index (χ2v) is 7.66. The maximum Gasteiger partial charge on any atom is 0.277 e. The summed E-state index contributed by atoms with van der Waals surface area (Å²) in [6, 6.07) is 14.6. The predicted octanol–water partition coefficient (Wildman–Crippen LogP) is 2.68. The average Bonchev–Trinajstić information content (AvgIpc) is 3.25. The van der Waals surface area contributed by atoms with Gasteiger partial charge in [0.2, 0.25) is 17.7 Å². The van der Waals surface area contributed by atoms with Crippen LogP contribution in [0.4, 0.5) is 5.69 Å². The summed E-state index contributed by atoms with van der Waals surface area (Å²) in [6.07, 6.45) is 0.525. The minimum Gasteiger partial charge on any atom is -0.497 e. The molecule has 9 nitrogen and oxygen atoms in total. The van der Waals surface area contributed by atoms with Gasteiger partial charge >= 0.3 is 0 Å². The molecule has 2 amide bonds. The van der Waals surface area contributed by atoms with Crippen molar-refractivity contribution in [3.05, 3.63) is 60.0 Å². The molecule has 0 atom stereocenters. The van der Waals surface area contributed by atoms with Gasteiger partial charge in [-0.2, -0.15) is 0 Å². The lowest BCUT2D eigenvalue weighted by molar-refractivity contribution is -0.118. The van der Waals surface area contributed by atoms with Crippen molar-refractivity contribution >= 4 is 29.3 Å². The SMILES string of the molecule is COc1ccc(Cc2nnc(SCC(=O)N(CCC(N)=O)c3ccc(OC)cc3)o2)cc1. The van der Waals surface area contributed by atoms with Crippen LogP contribution in [-0.4, -0.2) is 48.5 Å². The van der Waals surface area contributed by atoms with E-state index >= 15 is 0 Å². The Kier molecular flexibility index (Phi) is 8.09. The highest BCUT2D eigenvalue weighted by atomic mass is 32.2. The average molecular weight is 457 g/mol. The molecule has 3 rings (SSSR count). The molecule has 0 fully saturated rings. The van der Waals surface area contributed by atoms with Gasteiger partial charge in [-0.3, -0.25) is 9.59 Å². The van der Waals surface area contributed by atoms with E-state index in [-0.39, 0.29) is 24.6 Å². The molecule has 0 saturated carbocycles. The number of primary amides is 1. The summed E-state index contributed by atoms with van der Waals surface area (Å²) >= 11 is 1.14. The third-order valence-electron chi connectivity index (χ3n) is 4.55. The lowest BCUT2D eigenvalue weighted by Crippen LogP contribution is -2.35. The number of ether oxygens (including phenoxy) is 2. The number of benzene rings is 2. The highest BCUT2D eigenvalue weighted by molar-refractivity contribution is 7.99. The number of carbonyl (C=O) groups is 2. The summed E-state index contributed by atoms with van der Waals surface area (Å²) in [4.78, 5) is 25.6. The topological polar surface area (TPSA) is 121 Å². The number of thioether (sulfide) groups is 1. The Morgan fingerprint density at radius 2 is 1.62 bits per heavy atom. The molecule has 2 aromatic carbocycles. The summed E-state index contributed by atoms with van der Waals surface area (Å²) in [6.45, 7) is 0.174. The number of anilines is 1. The minimum absolute atomic E-state index is 0.0506. The standard InChI is InChI=1S/C22H24N4O5S/c1-29-17-7-3-15(4-8-17)13-20-24-25-22(31-20)32-14-21(28)26(12-11-19(23)27)16-5-9-18(30-2)10-6-16/h3-10H,11-14H2,1-2H3,(H2,23,27). The number of carbonyl (C=O) groups excluding carboxylic acids is 2. The lowest BCUT2D eigenvalue weighted by atomic mass is 10.1. The first-order valence-electron chi connectivity index (χ1n) is 9.79. The minimum atomic E-state index is -0.482. The van der Waals surface area contributed by atoms with E-state index in [2.05, 4.69) is 10.2 Å². The number of nitrogens with zero attached hydrogens (tertiary/aromatic N) is 3. The van der Waals surface area contributed by atoms with E-state index in [1.165, 1.54) is 4.90 Å². The number of hydrogen-bond donors (Lipinski definition) is 1. The molecule has 1 aromatic heterocycles. The van der Waals surface area contributed by atoms with E-state index < -0.39 is 5.91 Å². The molecule has 32 heavy (non-hydrogen) atoms. The van der Waals surface area contributed by atoms with Gasteiger partial charge in [0.1, 0.15) is 11.5 Å². The number of methoxy groups -OCH3 is 2. The van der Waals surface area contributed by atoms with Crippen molar-refractivity contribution in [1.82, 2.24) is 10.2 Å². The van der Waals surface area contributed by atoms with Crippen LogP contribution in [0.3, 0.4) is 0 Å². The first kappa shape index (κ1) is 23.1. The molecule has 0 unspecified atom stereocenters. The second-order valence-electron chi connectivity index (χ2n) is 6.73. The zero-order valence-electron chi connectivity index (χ0n) is 17.8. The van der Waals surface area contributed by atoms with Crippen molar-refractivity contribution in [3.63, 3.8) is 0 Å². The van der Waals surface area contributed by atoms with E-state index in [1.807, 2.05) is 24.3 Å². The molecule has 0 saturated heterocycles. The summed E-state index contributed by atoms with van der Waals surface area (Å²) in [7, 11) is 3.18. The van der Waals surface area contributed by atoms with Crippen molar-refractivity contribution < 1.29 is 23.5 Å². The Balaban J connectivity index is 1.61. The lowest BCUT2D eigenvalue weighted by Gasteiger charge is -2.22. The summed E-state index contributed by atoms with van der Waals surface area (Å²) in [5, 5.41) is 8.35. The summed E-state index contributed by atoms with van der Waals surface area (Å²) in [5.41, 5.74) is 6.91. The normalized spacial score (nSPS) is 10.6. The molecule has 0 radical (unpaired) electrons. The molecule has 0 aliphatic carbocycles. The van der Waals surface area contributed by atoms with E-state index in [0.29, 0.717) is 29.0 Å². The number of amides is 2. The Morgan fingerprint density at radius 3 is 2.22 bits per heavy atom. The Bertz CT molecular complexity index is 1040. The molecule has 0 aliphatic rings. The number of hydrogen-bond acceptors (Lipinski definition) is 8. The molecule has 0 bridgehead atoms. The first-order chi connectivity index (χ1) is 15.5. The van der Waals surface area contributed by atoms with Gasteiger partial charge in [0.25, 0.3) is 5.22 Å². The maximum atomic E-state index is 12.9. The Labute approximate surface area is 189 Å². The van der Waals surface area contributed by atoms with E-state index in [4.69, 9.17) is 19.6 Å². The molecule has 0 spiro atoms. The van der Waals surface area contributed by atoms with Gasteiger partial charge in [0.15, 0.2) is 0 Å². The van der Waals surface area contributed by atoms with E-state index in [9.17, 15) is 9.59 Å². The van der Waals surface area contributed by atoms with Crippen LogP contribution in [0.5, 0.6) is 11.5 Å². The molecular weight excluding hydrogens is 432 g/mol. The van der Waals surface area contributed by atoms with Crippen LogP contribution in [-0.2, 0) is 16.0 Å². The summed E-state index contributed by atoms with van der Waals surface area (Å²) < 4.78 is 16.0. The first-order valence-corrected chi connectivity index (χ1v) is 10.8. The van der Waals surface area contributed by atoms with Crippen molar-refractivity contribution in [3.8, 4) is 11.5 Å². The highest BCUT2D eigenvalue weighted by Crippen LogP contribution is 2.23. The van der Waals surface area contributed by atoms with Crippen molar-refractivity contribution in [1.29, 1.82) is 0 Å². The fourth-order valence-corrected chi connectivity index (χ4v) is 3.53. The Hall–Kier alpha value is -3.53. The van der Waals surface area contributed by atoms with Crippen LogP contribution in [0.1, 0.15) is 17.9 Å². The third kappa shape index (κ3) is 6.48. The maximum absolute atomic E-state index is 12.9. The largest absolute Gasteiger partial charge is 0.497 e. The molecule has 3 aromatic rings. The molecule has 0 aliphatic heterocycles. The monoisotopic (exact) mass is 456 g/mol. The Morgan fingerprint density at radius 1 is 1.00 bits per heavy atom. The van der Waals surface area contributed by atoms with Crippen molar-refractivity contribution in [2.45, 2.75) is 18.1 Å². The fourth-order valence-electron chi connectivity index (χ4n) is 2.87. The molecule has 2 N–H and O–H groups in total. The van der Waals surface area contributed by atoms with Crippen molar-refractivity contribution in [2.24, 2.45) is 5.73 Å². The zero-order chi connectivity index (χ0) is 22.9. The van der Waals surface area contributed by atoms with Gasteiger partial charge < -0.3 is 24.5 Å². The zero-order valence-corrected chi connectivity index (χ0v) is 18.6. The van der Waals surface area contributed by atoms with Gasteiger partial charge in [0.05, 0.1) is 26.4 Å². The molecule has 10 heteroatoms. The van der Waals surface area contributed by atoms with Crippen LogP contribution >= 0.6 is 11.8 Å². The number of rotatable bonds is 11. The van der Waals surface area contributed by atoms with Crippen LogP contribution < -0.4 is 20.1 Å². The van der Waals surface area contributed by atoms with Gasteiger partial charge in [-0.25, -0.2) is 0 Å². The van der Waals surface area contributed by atoms with Gasteiger partial charge in [-0.15, -0.1) is 10.2 Å². The van der Waals surface area contributed by atoms with E-state index in [1.54, 1.807) is 38.5 Å². The second kappa shape index (κ2) is 11.2. The molecular formula is C22H24N4O5S. The van der Waals surface area contributed by atoms with Crippen molar-refractivity contribution in [2.75, 3.05) is 31.4 Å². The summed E-state index contributed by atoms with van der Waals surface area (Å²) in [5.74, 6) is 1.26. The molecule has 168 valence electrons. The van der Waals surface area contributed by atoms with Gasteiger partial charge in [0, 0.05) is 18.7 Å². The van der Waals surface area contributed by atoms with Crippen LogP contribution in [0.2, 0.25) is 0 Å².